The van der Waals surface area contributed by atoms with Gasteiger partial charge in [-0.15, -0.1) is 11.3 Å². The van der Waals surface area contributed by atoms with Gasteiger partial charge in [0.15, 0.2) is 23.2 Å². The van der Waals surface area contributed by atoms with Crippen molar-refractivity contribution in [1.82, 2.24) is 4.98 Å². The summed E-state index contributed by atoms with van der Waals surface area (Å²) < 4.78 is 10.8. The van der Waals surface area contributed by atoms with Crippen molar-refractivity contribution in [1.29, 1.82) is 5.26 Å². The molecule has 0 fully saturated rings. The number of hydrogen-bond acceptors (Lipinski definition) is 6. The van der Waals surface area contributed by atoms with Crippen LogP contribution in [-0.4, -0.2) is 24.5 Å². The fourth-order valence-electron chi connectivity index (χ4n) is 2.66. The number of aromatic nitrogens is 1. The van der Waals surface area contributed by atoms with E-state index in [2.05, 4.69) is 11.1 Å². The molecule has 7 heteroatoms. The summed E-state index contributed by atoms with van der Waals surface area (Å²) in [6.07, 6.45) is 0. The van der Waals surface area contributed by atoms with Crippen LogP contribution in [0.1, 0.15) is 28.2 Å². The van der Waals surface area contributed by atoms with E-state index in [0.29, 0.717) is 39.4 Å². The maximum Gasteiger partial charge on any atom is 0.187 e. The van der Waals surface area contributed by atoms with Gasteiger partial charge in [0.2, 0.25) is 0 Å². The average Bonchev–Trinajstić information content (AvgIpc) is 3.19. The molecule has 3 rings (SSSR count). The molecule has 3 aromatic rings. The van der Waals surface area contributed by atoms with Crippen LogP contribution in [0, 0.1) is 11.3 Å². The third kappa shape index (κ3) is 4.16. The summed E-state index contributed by atoms with van der Waals surface area (Å²) in [6, 6.07) is 14.2. The summed E-state index contributed by atoms with van der Waals surface area (Å²) in [4.78, 5) is 17.4. The maximum absolute atomic E-state index is 13.0. The van der Waals surface area contributed by atoms with Crippen LogP contribution in [-0.2, 0) is 0 Å². The van der Waals surface area contributed by atoms with Crippen molar-refractivity contribution in [3.63, 3.8) is 0 Å². The van der Waals surface area contributed by atoms with Crippen molar-refractivity contribution in [2.75, 3.05) is 13.7 Å². The minimum absolute atomic E-state index is 0.330. The molecule has 142 valence electrons. The van der Waals surface area contributed by atoms with E-state index in [4.69, 9.17) is 21.1 Å². The Morgan fingerprint density at radius 1 is 1.25 bits per heavy atom. The van der Waals surface area contributed by atoms with E-state index in [1.165, 1.54) is 18.4 Å². The highest BCUT2D eigenvalue weighted by Gasteiger charge is 2.26. The van der Waals surface area contributed by atoms with Crippen LogP contribution >= 0.6 is 22.9 Å². The third-order valence-corrected chi connectivity index (χ3v) is 5.21. The molecule has 0 amide bonds. The number of thiazole rings is 1. The number of ether oxygens (including phenoxy) is 2. The van der Waals surface area contributed by atoms with Gasteiger partial charge >= 0.3 is 0 Å². The molecule has 0 aliphatic heterocycles. The van der Waals surface area contributed by atoms with Gasteiger partial charge in [0.25, 0.3) is 0 Å². The summed E-state index contributed by atoms with van der Waals surface area (Å²) in [6.45, 7) is 2.28. The highest BCUT2D eigenvalue weighted by atomic mass is 35.5. The zero-order valence-corrected chi connectivity index (χ0v) is 16.9. The number of nitriles is 1. The van der Waals surface area contributed by atoms with Crippen LogP contribution in [0.4, 0.5) is 0 Å². The van der Waals surface area contributed by atoms with Gasteiger partial charge in [0.05, 0.1) is 25.5 Å². The Labute approximate surface area is 172 Å². The molecular formula is C21H17ClN2O3S. The molecule has 1 heterocycles. The summed E-state index contributed by atoms with van der Waals surface area (Å²) in [7, 11) is 1.53. The zero-order chi connectivity index (χ0) is 20.1. The molecule has 0 spiro atoms. The largest absolute Gasteiger partial charge is 0.493 e. The number of methoxy groups -OCH3 is 1. The number of halogens is 1. The van der Waals surface area contributed by atoms with Crippen LogP contribution in [0.2, 0.25) is 5.02 Å². The van der Waals surface area contributed by atoms with Crippen LogP contribution in [0.15, 0.2) is 47.8 Å². The molecule has 0 aliphatic carbocycles. The lowest BCUT2D eigenvalue weighted by Crippen LogP contribution is -2.11. The molecule has 1 aromatic heterocycles. The summed E-state index contributed by atoms with van der Waals surface area (Å²) >= 11 is 7.20. The van der Waals surface area contributed by atoms with Crippen molar-refractivity contribution in [3.8, 4) is 28.8 Å². The van der Waals surface area contributed by atoms with Gasteiger partial charge in [0, 0.05) is 21.5 Å². The van der Waals surface area contributed by atoms with E-state index in [9.17, 15) is 10.1 Å². The number of ketones is 1. The quantitative estimate of drug-likeness (QED) is 0.488. The molecule has 28 heavy (non-hydrogen) atoms. The van der Waals surface area contributed by atoms with Gasteiger partial charge in [-0.1, -0.05) is 23.7 Å². The Morgan fingerprint density at radius 2 is 2.00 bits per heavy atom. The highest BCUT2D eigenvalue weighted by Crippen LogP contribution is 2.32. The second-order valence-corrected chi connectivity index (χ2v) is 7.13. The molecule has 2 aromatic carbocycles. The monoisotopic (exact) mass is 412 g/mol. The maximum atomic E-state index is 13.0. The molecule has 5 nitrogen and oxygen atoms in total. The first-order valence-electron chi connectivity index (χ1n) is 8.53. The minimum atomic E-state index is -0.992. The van der Waals surface area contributed by atoms with Crippen LogP contribution in [0.3, 0.4) is 0 Å². The summed E-state index contributed by atoms with van der Waals surface area (Å²) in [5.41, 5.74) is 1.95. The Kier molecular flexibility index (Phi) is 6.30. The van der Waals surface area contributed by atoms with Gasteiger partial charge in [0.1, 0.15) is 5.01 Å². The Morgan fingerprint density at radius 3 is 2.64 bits per heavy atom. The molecule has 1 atom stereocenters. The zero-order valence-electron chi connectivity index (χ0n) is 15.3. The second-order valence-electron chi connectivity index (χ2n) is 5.80. The number of hydrogen-bond donors (Lipinski definition) is 0. The van der Waals surface area contributed by atoms with Crippen molar-refractivity contribution in [2.45, 2.75) is 12.8 Å². The molecule has 0 saturated heterocycles. The molecule has 0 aliphatic rings. The lowest BCUT2D eigenvalue weighted by molar-refractivity contribution is 0.0978. The topological polar surface area (TPSA) is 72.2 Å². The van der Waals surface area contributed by atoms with E-state index in [1.54, 1.807) is 30.3 Å². The molecular weight excluding hydrogens is 396 g/mol. The van der Waals surface area contributed by atoms with Crippen molar-refractivity contribution < 1.29 is 14.3 Å². The normalized spacial score (nSPS) is 11.5. The fraction of sp³-hybridized carbons (Fsp3) is 0.190. The number of Topliss-reactive ketones (excluding diaryl/α,β-unsaturated/α-hetero) is 1. The van der Waals surface area contributed by atoms with E-state index in [0.717, 1.165) is 5.56 Å². The number of benzene rings is 2. The lowest BCUT2D eigenvalue weighted by atomic mass is 9.99. The van der Waals surface area contributed by atoms with E-state index < -0.39 is 5.92 Å². The number of rotatable bonds is 7. The molecule has 1 unspecified atom stereocenters. The van der Waals surface area contributed by atoms with Gasteiger partial charge in [-0.3, -0.25) is 4.79 Å². The second kappa shape index (κ2) is 8.87. The number of carbonyl (C=O) groups is 1. The van der Waals surface area contributed by atoms with E-state index in [1.807, 2.05) is 24.4 Å². The summed E-state index contributed by atoms with van der Waals surface area (Å²) in [5, 5.41) is 12.5. The number of carbonyl (C=O) groups excluding carboxylic acids is 1. The first-order chi connectivity index (χ1) is 13.6. The van der Waals surface area contributed by atoms with Gasteiger partial charge in [-0.05, 0) is 37.3 Å². The van der Waals surface area contributed by atoms with E-state index in [-0.39, 0.29) is 5.78 Å². The Balaban J connectivity index is 1.90. The average molecular weight is 413 g/mol. The standard InChI is InChI=1S/C21H17ClN2O3S/c1-3-27-19-10-14(6-9-18(19)26-2)20(25)16(11-23)21-24-17(12-28-21)13-4-7-15(22)8-5-13/h4-10,12,16H,3H2,1-2H3. The predicted molar refractivity (Wildman–Crippen MR) is 109 cm³/mol. The van der Waals surface area contributed by atoms with Crippen molar-refractivity contribution >= 4 is 28.7 Å². The lowest BCUT2D eigenvalue weighted by Gasteiger charge is -2.11. The van der Waals surface area contributed by atoms with Crippen LogP contribution in [0.25, 0.3) is 11.3 Å². The predicted octanol–water partition coefficient (Wildman–Crippen LogP) is 5.36. The Bertz CT molecular complexity index is 1020. The van der Waals surface area contributed by atoms with Gasteiger partial charge < -0.3 is 9.47 Å². The van der Waals surface area contributed by atoms with Crippen molar-refractivity contribution in [3.05, 3.63) is 63.4 Å². The molecule has 0 saturated carbocycles. The smallest absolute Gasteiger partial charge is 0.187 e. The minimum Gasteiger partial charge on any atom is -0.493 e. The van der Waals surface area contributed by atoms with Gasteiger partial charge in [-0.2, -0.15) is 5.26 Å². The highest BCUT2D eigenvalue weighted by molar-refractivity contribution is 7.10. The fourth-order valence-corrected chi connectivity index (χ4v) is 3.66. The molecule has 0 radical (unpaired) electrons. The molecule has 0 bridgehead atoms. The Hall–Kier alpha value is -2.88. The third-order valence-electron chi connectivity index (χ3n) is 4.05. The van der Waals surface area contributed by atoms with E-state index >= 15 is 0 Å². The SMILES string of the molecule is CCOc1cc(C(=O)C(C#N)c2nc(-c3ccc(Cl)cc3)cs2)ccc1OC. The van der Waals surface area contributed by atoms with Crippen LogP contribution in [0.5, 0.6) is 11.5 Å². The summed E-state index contributed by atoms with van der Waals surface area (Å²) in [5.74, 6) is -0.322. The molecule has 0 N–H and O–H groups in total. The van der Waals surface area contributed by atoms with Crippen molar-refractivity contribution in [2.24, 2.45) is 0 Å². The first-order valence-corrected chi connectivity index (χ1v) is 9.79. The van der Waals surface area contributed by atoms with Gasteiger partial charge in [-0.25, -0.2) is 4.98 Å². The number of nitrogens with zero attached hydrogens (tertiary/aromatic N) is 2. The van der Waals surface area contributed by atoms with Crippen LogP contribution < -0.4 is 9.47 Å². The first kappa shape index (κ1) is 19.9.